The van der Waals surface area contributed by atoms with Crippen molar-refractivity contribution < 1.29 is 50.4 Å². The highest BCUT2D eigenvalue weighted by Gasteiger charge is 2.40. The van der Waals surface area contributed by atoms with Gasteiger partial charge in [0.15, 0.2) is 5.71 Å². The molecule has 0 N–H and O–H groups in total. The fourth-order valence-corrected chi connectivity index (χ4v) is 5.56. The van der Waals surface area contributed by atoms with Crippen molar-refractivity contribution in [3.05, 3.63) is 54.1 Å². The van der Waals surface area contributed by atoms with E-state index in [0.29, 0.717) is 0 Å². The number of rotatable bonds is 2. The topological polar surface area (TPSA) is 6.89 Å². The molecule has 0 saturated carbocycles. The number of aromatic nitrogens is 1. The van der Waals surface area contributed by atoms with Crippen LogP contribution in [0, 0.1) is 0 Å². The minimum atomic E-state index is -6.00. The molecule has 3 aromatic rings. The van der Waals surface area contributed by atoms with Crippen LogP contribution < -0.4 is 28.5 Å². The van der Waals surface area contributed by atoms with Crippen LogP contribution in [0.25, 0.3) is 10.2 Å². The Bertz CT molecular complexity index is 1080. The predicted molar refractivity (Wildman–Crippen MR) is 126 cm³/mol. The zero-order valence-electron chi connectivity index (χ0n) is 19.0. The third-order valence-corrected chi connectivity index (χ3v) is 7.69. The molecule has 1 aromatic heterocycles. The Morgan fingerprint density at radius 1 is 1.00 bits per heavy atom. The summed E-state index contributed by atoms with van der Waals surface area (Å²) in [7, 11) is -3.86. The monoisotopic (exact) mass is 598 g/mol. The van der Waals surface area contributed by atoms with Crippen molar-refractivity contribution in [2.45, 2.75) is 44.0 Å². The van der Waals surface area contributed by atoms with Crippen molar-refractivity contribution in [2.24, 2.45) is 0 Å². The van der Waals surface area contributed by atoms with Gasteiger partial charge in [-0.05, 0) is 44.9 Å². The smallest absolute Gasteiger partial charge is 0.673 e. The normalized spacial score (nSPS) is 14.1. The maximum absolute atomic E-state index is 9.75. The van der Waals surface area contributed by atoms with Crippen LogP contribution in [-0.2, 0) is 12.0 Å². The summed E-state index contributed by atoms with van der Waals surface area (Å²) in [6, 6.07) is 17.2. The van der Waals surface area contributed by atoms with Crippen LogP contribution in [0.3, 0.4) is 0 Å². The summed E-state index contributed by atoms with van der Waals surface area (Å²) in [4.78, 5) is 0. The zero-order valence-corrected chi connectivity index (χ0v) is 22.8. The molecule has 0 saturated heterocycles. The van der Waals surface area contributed by atoms with E-state index in [1.165, 1.54) is 31.5 Å². The van der Waals surface area contributed by atoms with Gasteiger partial charge in [-0.3, -0.25) is 0 Å². The van der Waals surface area contributed by atoms with Crippen LogP contribution in [-0.4, -0.2) is 30.8 Å². The van der Waals surface area contributed by atoms with E-state index >= 15 is 0 Å². The first-order chi connectivity index (χ1) is 14.4. The number of benzene rings is 2. The lowest BCUT2D eigenvalue weighted by molar-refractivity contribution is -0.698. The second-order valence-electron chi connectivity index (χ2n) is 7.57. The van der Waals surface area contributed by atoms with Gasteiger partial charge in [-0.15, -0.1) is 0 Å². The minimum Gasteiger partial charge on any atom is -1.00 e. The van der Waals surface area contributed by atoms with Gasteiger partial charge >= 0.3 is 7.25 Å². The molecule has 0 spiro atoms. The van der Waals surface area contributed by atoms with E-state index < -0.39 is 7.25 Å². The van der Waals surface area contributed by atoms with E-state index in [1.54, 1.807) is 0 Å². The van der Waals surface area contributed by atoms with E-state index in [9.17, 15) is 17.3 Å². The Kier molecular flexibility index (Phi) is 10.7. The zero-order chi connectivity index (χ0) is 23.4. The van der Waals surface area contributed by atoms with E-state index in [0.717, 1.165) is 6.54 Å². The molecule has 2 heterocycles. The van der Waals surface area contributed by atoms with Gasteiger partial charge in [0.1, 0.15) is 18.3 Å². The summed E-state index contributed by atoms with van der Waals surface area (Å²) < 4.78 is 46.4. The third-order valence-electron chi connectivity index (χ3n) is 5.41. The summed E-state index contributed by atoms with van der Waals surface area (Å²) in [5, 5.41) is 0. The highest BCUT2D eigenvalue weighted by molar-refractivity contribution is 8.00. The first-order valence-electron chi connectivity index (χ1n) is 9.91. The second kappa shape index (κ2) is 11.8. The molecule has 2 aromatic carbocycles. The molecule has 1 aliphatic heterocycles. The van der Waals surface area contributed by atoms with Crippen molar-refractivity contribution in [3.8, 4) is 0 Å². The molecular weight excluding hydrogens is 570 g/mol. The summed E-state index contributed by atoms with van der Waals surface area (Å²) in [5.41, 5.74) is 5.78. The van der Waals surface area contributed by atoms with Crippen LogP contribution in [0.15, 0.2) is 52.9 Å². The molecule has 176 valence electrons. The molecule has 0 amide bonds. The molecule has 0 bridgehead atoms. The van der Waals surface area contributed by atoms with Crippen molar-refractivity contribution >= 4 is 52.0 Å². The van der Waals surface area contributed by atoms with Gasteiger partial charge < -0.3 is 41.2 Å². The van der Waals surface area contributed by atoms with Gasteiger partial charge in [0.05, 0.1) is 5.41 Å². The van der Waals surface area contributed by atoms with Crippen molar-refractivity contribution in [3.63, 3.8) is 0 Å². The van der Waals surface area contributed by atoms with Crippen LogP contribution in [0.1, 0.15) is 33.3 Å². The number of nitrogens with zero attached hydrogens (tertiary/aromatic N) is 2. The highest BCUT2D eigenvalue weighted by atomic mass is 127. The molecule has 2 nitrogen and oxygen atoms in total. The standard InChI is InChI=1S/C12H16N.C10H12NS2.BF4.HI/c1-9-12(2,3)10-7-5-6-8-11(10)13(9)4;1-3-11-8-6-4-5-7-9(8)13-10(11)12-2;2-1(3,4)5;/h5-8H,1-4H3;4-7H,3H2,1-2H3;;1H/q2*+1;-1;/p-1. The maximum atomic E-state index is 9.75. The number of aryl methyl sites for hydroxylation is 1. The summed E-state index contributed by atoms with van der Waals surface area (Å²) in [6.07, 6.45) is 2.14. The first-order valence-corrected chi connectivity index (χ1v) is 12.0. The summed E-state index contributed by atoms with van der Waals surface area (Å²) >= 11 is 3.70. The number of hydrogen-bond donors (Lipinski definition) is 0. The molecular formula is C22H28BF4IN2S2. The molecule has 0 unspecified atom stereocenters. The largest absolute Gasteiger partial charge is 1.00 e. The number of halogens is 5. The van der Waals surface area contributed by atoms with Crippen molar-refractivity contribution in [2.75, 3.05) is 13.3 Å². The van der Waals surface area contributed by atoms with E-state index in [4.69, 9.17) is 0 Å². The Hall–Kier alpha value is -1.14. The number of fused-ring (bicyclic) bond motifs is 2. The van der Waals surface area contributed by atoms with Crippen LogP contribution in [0.2, 0.25) is 0 Å². The van der Waals surface area contributed by atoms with Crippen LogP contribution in [0.4, 0.5) is 23.0 Å². The molecule has 4 rings (SSSR count). The second-order valence-corrected chi connectivity index (χ2v) is 9.65. The predicted octanol–water partition coefficient (Wildman–Crippen LogP) is 3.95. The number of hydrogen-bond acceptors (Lipinski definition) is 2. The van der Waals surface area contributed by atoms with Gasteiger partial charge in [-0.25, -0.2) is 4.58 Å². The fourth-order valence-electron chi connectivity index (χ4n) is 3.55. The average molecular weight is 598 g/mol. The van der Waals surface area contributed by atoms with Crippen molar-refractivity contribution in [1.29, 1.82) is 0 Å². The Balaban J connectivity index is 0.000000259. The van der Waals surface area contributed by atoms with Crippen LogP contribution >= 0.6 is 23.1 Å². The third kappa shape index (κ3) is 6.93. The van der Waals surface area contributed by atoms with Crippen LogP contribution in [0.5, 0.6) is 0 Å². The Labute approximate surface area is 212 Å². The number of thioether (sulfide) groups is 1. The molecule has 0 atom stereocenters. The van der Waals surface area contributed by atoms with Gasteiger partial charge in [-0.1, -0.05) is 41.7 Å². The highest BCUT2D eigenvalue weighted by Crippen LogP contribution is 2.38. The van der Waals surface area contributed by atoms with E-state index in [-0.39, 0.29) is 29.4 Å². The van der Waals surface area contributed by atoms with Crippen molar-refractivity contribution in [1.82, 2.24) is 0 Å². The molecule has 10 heteroatoms. The molecule has 1 aliphatic rings. The SMILES string of the molecule is CC1=[N+](C)c2ccccc2C1(C)C.CC[n+]1c(SC)sc2ccccc21.F[B-](F)(F)F.[I-]. The van der Waals surface area contributed by atoms with Gasteiger partial charge in [0.2, 0.25) is 11.2 Å². The molecule has 0 aliphatic carbocycles. The molecule has 0 fully saturated rings. The van der Waals surface area contributed by atoms with Gasteiger partial charge in [-0.2, -0.15) is 4.57 Å². The lowest BCUT2D eigenvalue weighted by Gasteiger charge is -2.14. The van der Waals surface area contributed by atoms with E-state index in [1.807, 2.05) is 23.1 Å². The summed E-state index contributed by atoms with van der Waals surface area (Å²) in [6.45, 7) is 10.0. The molecule has 0 radical (unpaired) electrons. The maximum Gasteiger partial charge on any atom is 0.673 e. The quantitative estimate of drug-likeness (QED) is 0.143. The number of para-hydroxylation sites is 2. The lowest BCUT2D eigenvalue weighted by atomic mass is 9.82. The average Bonchev–Trinajstić information content (AvgIpc) is 3.16. The van der Waals surface area contributed by atoms with E-state index in [2.05, 4.69) is 98.7 Å². The fraction of sp³-hybridized carbons (Fsp3) is 0.364. The minimum absolute atomic E-state index is 0. The first kappa shape index (κ1) is 28.9. The van der Waals surface area contributed by atoms with Gasteiger partial charge in [0, 0.05) is 24.6 Å². The lowest BCUT2D eigenvalue weighted by Crippen LogP contribution is -3.00. The summed E-state index contributed by atoms with van der Waals surface area (Å²) in [5.74, 6) is 0. The number of thiazole rings is 1. The Morgan fingerprint density at radius 3 is 2.06 bits per heavy atom. The van der Waals surface area contributed by atoms with Gasteiger partial charge in [0.25, 0.3) is 4.34 Å². The molecule has 32 heavy (non-hydrogen) atoms. The Morgan fingerprint density at radius 2 is 1.53 bits per heavy atom.